The summed E-state index contributed by atoms with van der Waals surface area (Å²) in [4.78, 5) is 32.2. The van der Waals surface area contributed by atoms with Crippen LogP contribution in [0.5, 0.6) is 0 Å². The molecule has 5 aromatic rings. The van der Waals surface area contributed by atoms with Crippen molar-refractivity contribution in [2.75, 3.05) is 43.0 Å². The molecule has 0 unspecified atom stereocenters. The number of anilines is 3. The number of amides is 2. The minimum absolute atomic E-state index is 0. The van der Waals surface area contributed by atoms with Crippen molar-refractivity contribution in [2.45, 2.75) is 12.7 Å². The molecule has 43 heavy (non-hydrogen) atoms. The first-order valence-electron chi connectivity index (χ1n) is 13.6. The molecule has 12 heteroatoms. The number of carbonyl (C=O) groups excluding carboxylic acids is 1. The predicted octanol–water partition coefficient (Wildman–Crippen LogP) is 6.40. The Labute approximate surface area is 251 Å². The largest absolute Gasteiger partial charge is 0.418 e. The van der Waals surface area contributed by atoms with Gasteiger partial charge in [0.25, 0.3) is 0 Å². The number of fused-ring (bicyclic) bond motifs is 4. The number of nitrogens with zero attached hydrogens (tertiary/aromatic N) is 6. The Hall–Kier alpha value is -4.48. The minimum atomic E-state index is -4.61. The molecule has 0 aliphatic carbocycles. The lowest BCUT2D eigenvalue weighted by Crippen LogP contribution is -2.44. The molecule has 7 rings (SSSR count). The zero-order chi connectivity index (χ0) is 29.0. The van der Waals surface area contributed by atoms with Crippen LogP contribution in [-0.4, -0.2) is 59.1 Å². The van der Waals surface area contributed by atoms with Crippen LogP contribution in [0.15, 0.2) is 73.1 Å². The summed E-state index contributed by atoms with van der Waals surface area (Å²) in [5, 5.41) is 4.12. The first-order valence-corrected chi connectivity index (χ1v) is 13.6. The molecule has 5 heterocycles. The third-order valence-corrected chi connectivity index (χ3v) is 7.80. The number of aromatic nitrogens is 3. The van der Waals surface area contributed by atoms with Gasteiger partial charge in [-0.3, -0.25) is 14.9 Å². The van der Waals surface area contributed by atoms with Gasteiger partial charge in [-0.25, -0.2) is 9.78 Å². The van der Waals surface area contributed by atoms with Crippen LogP contribution in [0.1, 0.15) is 11.1 Å². The molecule has 0 atom stereocenters. The molecule has 0 spiro atoms. The fourth-order valence-corrected chi connectivity index (χ4v) is 5.73. The molecule has 2 amide bonds. The SMILES string of the molecule is CN1Cc2cnc3ccc(-c4cnc5ccccc5c4)nc3c2N(c2ccc(N3CCNCC3)c(C(F)(F)F)c2)C1=O.Cl. The summed E-state index contributed by atoms with van der Waals surface area (Å²) in [6, 6.07) is 17.0. The van der Waals surface area contributed by atoms with Gasteiger partial charge in [-0.2, -0.15) is 13.2 Å². The van der Waals surface area contributed by atoms with Gasteiger partial charge in [0.1, 0.15) is 5.52 Å². The van der Waals surface area contributed by atoms with Gasteiger partial charge < -0.3 is 15.1 Å². The van der Waals surface area contributed by atoms with E-state index < -0.39 is 17.8 Å². The molecule has 1 saturated heterocycles. The van der Waals surface area contributed by atoms with Crippen molar-refractivity contribution in [1.82, 2.24) is 25.2 Å². The molecular formula is C31H27ClF3N7O. The quantitative estimate of drug-likeness (QED) is 0.257. The van der Waals surface area contributed by atoms with Crippen LogP contribution in [0, 0.1) is 0 Å². The third kappa shape index (κ3) is 5.08. The fourth-order valence-electron chi connectivity index (χ4n) is 5.73. The minimum Gasteiger partial charge on any atom is -0.368 e. The Morgan fingerprint density at radius 1 is 0.907 bits per heavy atom. The van der Waals surface area contributed by atoms with E-state index in [1.807, 2.05) is 42.5 Å². The first kappa shape index (κ1) is 28.6. The zero-order valence-electron chi connectivity index (χ0n) is 23.1. The average molecular weight is 606 g/mol. The average Bonchev–Trinajstić information content (AvgIpc) is 3.01. The van der Waals surface area contributed by atoms with E-state index in [1.165, 1.54) is 15.9 Å². The molecule has 0 bridgehead atoms. The number of piperazine rings is 1. The van der Waals surface area contributed by atoms with Crippen LogP contribution in [0.25, 0.3) is 33.2 Å². The van der Waals surface area contributed by atoms with E-state index in [1.54, 1.807) is 30.4 Å². The number of nitrogens with one attached hydrogen (secondary N) is 1. The van der Waals surface area contributed by atoms with E-state index in [4.69, 9.17) is 4.98 Å². The summed E-state index contributed by atoms with van der Waals surface area (Å²) in [5.41, 5.74) is 3.77. The van der Waals surface area contributed by atoms with E-state index >= 15 is 0 Å². The second kappa shape index (κ2) is 11.0. The lowest BCUT2D eigenvalue weighted by molar-refractivity contribution is -0.137. The number of hydrogen-bond acceptors (Lipinski definition) is 6. The molecule has 0 saturated carbocycles. The number of halogens is 4. The van der Waals surface area contributed by atoms with Crippen LogP contribution in [0.4, 0.5) is 35.0 Å². The Bertz CT molecular complexity index is 1860. The van der Waals surface area contributed by atoms with Crippen LogP contribution in [-0.2, 0) is 12.7 Å². The topological polar surface area (TPSA) is 77.5 Å². The van der Waals surface area contributed by atoms with Crippen molar-refractivity contribution < 1.29 is 18.0 Å². The van der Waals surface area contributed by atoms with Gasteiger partial charge in [0.05, 0.1) is 40.2 Å². The van der Waals surface area contributed by atoms with Crippen LogP contribution in [0.3, 0.4) is 0 Å². The third-order valence-electron chi connectivity index (χ3n) is 7.80. The molecule has 2 aliphatic heterocycles. The van der Waals surface area contributed by atoms with Crippen LogP contribution in [0.2, 0.25) is 0 Å². The van der Waals surface area contributed by atoms with Gasteiger partial charge in [-0.05, 0) is 42.5 Å². The molecule has 8 nitrogen and oxygen atoms in total. The van der Waals surface area contributed by atoms with Crippen LogP contribution >= 0.6 is 12.4 Å². The molecule has 2 aliphatic rings. The zero-order valence-corrected chi connectivity index (χ0v) is 23.9. The fraction of sp³-hybridized carbons (Fsp3) is 0.226. The van der Waals surface area contributed by atoms with Gasteiger partial charge in [0, 0.05) is 67.8 Å². The standard InChI is InChI=1S/C31H26F3N7O.ClH/c1-39-18-21-17-37-26-8-7-25(20-14-19-4-2-3-5-24(19)36-16-20)38-28(26)29(21)41(30(39)42)22-6-9-27(23(15-22)31(32,33)34)40-12-10-35-11-13-40;/h2-9,14-17,35H,10-13,18H2,1H3;1H. The van der Waals surface area contributed by atoms with Crippen molar-refractivity contribution in [3.63, 3.8) is 0 Å². The highest BCUT2D eigenvalue weighted by atomic mass is 35.5. The summed E-state index contributed by atoms with van der Waals surface area (Å²) < 4.78 is 43.3. The number of benzene rings is 2. The number of alkyl halides is 3. The van der Waals surface area contributed by atoms with E-state index in [0.29, 0.717) is 54.2 Å². The number of pyridine rings is 3. The summed E-state index contributed by atoms with van der Waals surface area (Å²) in [5.74, 6) is 0. The van der Waals surface area contributed by atoms with Crippen molar-refractivity contribution in [1.29, 1.82) is 0 Å². The first-order chi connectivity index (χ1) is 20.3. The number of rotatable bonds is 3. The van der Waals surface area contributed by atoms with E-state index in [0.717, 1.165) is 22.5 Å². The number of para-hydroxylation sites is 1. The monoisotopic (exact) mass is 605 g/mol. The van der Waals surface area contributed by atoms with Gasteiger partial charge in [0.15, 0.2) is 0 Å². The van der Waals surface area contributed by atoms with Gasteiger partial charge in [-0.1, -0.05) is 18.2 Å². The highest BCUT2D eigenvalue weighted by Crippen LogP contribution is 2.44. The maximum Gasteiger partial charge on any atom is 0.418 e. The highest BCUT2D eigenvalue weighted by molar-refractivity contribution is 6.08. The van der Waals surface area contributed by atoms with Gasteiger partial charge >= 0.3 is 12.2 Å². The number of urea groups is 1. The van der Waals surface area contributed by atoms with Crippen molar-refractivity contribution in [3.8, 4) is 11.3 Å². The molecule has 1 N–H and O–H groups in total. The lowest BCUT2D eigenvalue weighted by Gasteiger charge is -2.36. The Balaban J connectivity index is 0.00000329. The Morgan fingerprint density at radius 3 is 2.47 bits per heavy atom. The number of hydrogen-bond donors (Lipinski definition) is 1. The lowest BCUT2D eigenvalue weighted by atomic mass is 10.0. The van der Waals surface area contributed by atoms with Crippen molar-refractivity contribution in [2.24, 2.45) is 0 Å². The second-order valence-corrected chi connectivity index (χ2v) is 10.5. The maximum atomic E-state index is 14.4. The molecule has 3 aromatic heterocycles. The molecule has 220 valence electrons. The Morgan fingerprint density at radius 2 is 1.67 bits per heavy atom. The second-order valence-electron chi connectivity index (χ2n) is 10.5. The molecule has 2 aromatic carbocycles. The summed E-state index contributed by atoms with van der Waals surface area (Å²) in [6.45, 7) is 2.37. The van der Waals surface area contributed by atoms with E-state index in [2.05, 4.69) is 15.3 Å². The summed E-state index contributed by atoms with van der Waals surface area (Å²) in [7, 11) is 1.62. The normalized spacial score (nSPS) is 15.5. The van der Waals surface area contributed by atoms with Crippen molar-refractivity contribution >= 4 is 57.4 Å². The summed E-state index contributed by atoms with van der Waals surface area (Å²) >= 11 is 0. The van der Waals surface area contributed by atoms with Crippen LogP contribution < -0.4 is 15.1 Å². The van der Waals surface area contributed by atoms with Gasteiger partial charge in [0.2, 0.25) is 0 Å². The smallest absolute Gasteiger partial charge is 0.368 e. The highest BCUT2D eigenvalue weighted by Gasteiger charge is 2.38. The maximum absolute atomic E-state index is 14.4. The molecular weight excluding hydrogens is 579 g/mol. The predicted molar refractivity (Wildman–Crippen MR) is 163 cm³/mol. The molecule has 1 fully saturated rings. The van der Waals surface area contributed by atoms with Crippen molar-refractivity contribution in [3.05, 3.63) is 84.2 Å². The van der Waals surface area contributed by atoms with E-state index in [-0.39, 0.29) is 30.3 Å². The summed E-state index contributed by atoms with van der Waals surface area (Å²) in [6.07, 6.45) is -1.22. The van der Waals surface area contributed by atoms with E-state index in [9.17, 15) is 18.0 Å². The molecule has 0 radical (unpaired) electrons. The number of carbonyl (C=O) groups is 1. The van der Waals surface area contributed by atoms with Gasteiger partial charge in [-0.15, -0.1) is 12.4 Å². The Kier molecular flexibility index (Phi) is 7.31.